The molecule has 0 spiro atoms. The maximum Gasteiger partial charge on any atom is 0.435 e. The lowest BCUT2D eigenvalue weighted by molar-refractivity contribution is -0.141. The van der Waals surface area contributed by atoms with Gasteiger partial charge >= 0.3 is 6.18 Å². The van der Waals surface area contributed by atoms with Crippen LogP contribution in [-0.2, 0) is 17.5 Å². The van der Waals surface area contributed by atoms with E-state index in [0.29, 0.717) is 11.4 Å². The molecule has 0 aliphatic carbocycles. The molecular formula is C19H17F3N6O. The van der Waals surface area contributed by atoms with Crippen LogP contribution >= 0.6 is 0 Å². The Kier molecular flexibility index (Phi) is 5.41. The number of anilines is 1. The Bertz CT molecular complexity index is 1060. The number of aromatic nitrogens is 4. The number of para-hydroxylation sites is 1. The van der Waals surface area contributed by atoms with Gasteiger partial charge in [0, 0.05) is 5.69 Å². The number of nitrogens with one attached hydrogen (secondary N) is 1. The smallest absolute Gasteiger partial charge is 0.309 e. The van der Waals surface area contributed by atoms with E-state index in [1.54, 1.807) is 31.2 Å². The summed E-state index contributed by atoms with van der Waals surface area (Å²) in [4.78, 5) is 12.7. The van der Waals surface area contributed by atoms with Crippen LogP contribution < -0.4 is 5.32 Å². The molecular weight excluding hydrogens is 385 g/mol. The van der Waals surface area contributed by atoms with Crippen molar-refractivity contribution in [3.63, 3.8) is 0 Å². The third kappa shape index (κ3) is 4.29. The highest BCUT2D eigenvalue weighted by Gasteiger charge is 2.34. The van der Waals surface area contributed by atoms with Crippen LogP contribution in [0.4, 0.5) is 19.0 Å². The maximum atomic E-state index is 12.8. The van der Waals surface area contributed by atoms with Crippen molar-refractivity contribution < 1.29 is 18.0 Å². The predicted molar refractivity (Wildman–Crippen MR) is 98.0 cm³/mol. The normalized spacial score (nSPS) is 12.4. The summed E-state index contributed by atoms with van der Waals surface area (Å²) in [6.07, 6.45) is -3.22. The first-order valence-corrected chi connectivity index (χ1v) is 8.66. The highest BCUT2D eigenvalue weighted by molar-refractivity contribution is 5.93. The summed E-state index contributed by atoms with van der Waals surface area (Å²) in [5, 5.41) is 19.6. The lowest BCUT2D eigenvalue weighted by Crippen LogP contribution is -2.26. The zero-order chi connectivity index (χ0) is 21.2. The van der Waals surface area contributed by atoms with Gasteiger partial charge in [-0.1, -0.05) is 25.1 Å². The standard InChI is InChI=1S/C19H17F3N6O/c1-12(11-27-13(2)8-16(26-27)19(20,21)22)18(29)25-17-14(9-23)10-24-28(17)15-6-4-3-5-7-15/h3-8,10,12H,11H2,1-2H3,(H,25,29). The second-order valence-electron chi connectivity index (χ2n) is 6.51. The molecule has 0 fully saturated rings. The van der Waals surface area contributed by atoms with E-state index in [1.165, 1.54) is 17.8 Å². The summed E-state index contributed by atoms with van der Waals surface area (Å²) < 4.78 is 41.0. The highest BCUT2D eigenvalue weighted by Crippen LogP contribution is 2.28. The quantitative estimate of drug-likeness (QED) is 0.707. The molecule has 0 saturated heterocycles. The first-order chi connectivity index (χ1) is 13.7. The molecule has 0 aliphatic rings. The van der Waals surface area contributed by atoms with E-state index in [9.17, 15) is 23.2 Å². The number of alkyl halides is 3. The first kappa shape index (κ1) is 20.1. The van der Waals surface area contributed by atoms with Gasteiger partial charge in [0.05, 0.1) is 24.3 Å². The summed E-state index contributed by atoms with van der Waals surface area (Å²) in [5.41, 5.74) is 0.110. The van der Waals surface area contributed by atoms with Crippen molar-refractivity contribution in [1.82, 2.24) is 19.6 Å². The average molecular weight is 402 g/mol. The highest BCUT2D eigenvalue weighted by atomic mass is 19.4. The van der Waals surface area contributed by atoms with Crippen molar-refractivity contribution in [2.75, 3.05) is 5.32 Å². The van der Waals surface area contributed by atoms with E-state index < -0.39 is 23.7 Å². The number of carbonyl (C=O) groups excluding carboxylic acids is 1. The molecule has 1 unspecified atom stereocenters. The fourth-order valence-electron chi connectivity index (χ4n) is 2.73. The number of rotatable bonds is 5. The van der Waals surface area contributed by atoms with Crippen LogP contribution in [0.5, 0.6) is 0 Å². The van der Waals surface area contributed by atoms with Crippen molar-refractivity contribution in [3.05, 3.63) is 59.5 Å². The Morgan fingerprint density at radius 1 is 1.31 bits per heavy atom. The fraction of sp³-hybridized carbons (Fsp3) is 0.263. The Labute approximate surface area is 164 Å². The van der Waals surface area contributed by atoms with Gasteiger partial charge in [0.2, 0.25) is 5.91 Å². The lowest BCUT2D eigenvalue weighted by atomic mass is 10.1. The van der Waals surface area contributed by atoms with Crippen molar-refractivity contribution in [2.24, 2.45) is 5.92 Å². The SMILES string of the molecule is Cc1cc(C(F)(F)F)nn1CC(C)C(=O)Nc1c(C#N)cnn1-c1ccccc1. The number of hydrogen-bond donors (Lipinski definition) is 1. The van der Waals surface area contributed by atoms with Gasteiger partial charge < -0.3 is 5.32 Å². The molecule has 3 rings (SSSR count). The molecule has 1 N–H and O–H groups in total. The first-order valence-electron chi connectivity index (χ1n) is 8.66. The van der Waals surface area contributed by atoms with Crippen LogP contribution in [0.15, 0.2) is 42.6 Å². The van der Waals surface area contributed by atoms with Gasteiger partial charge in [-0.15, -0.1) is 0 Å². The molecule has 1 aromatic carbocycles. The molecule has 2 aromatic heterocycles. The monoisotopic (exact) mass is 402 g/mol. The minimum Gasteiger partial charge on any atom is -0.309 e. The molecule has 0 radical (unpaired) electrons. The fourth-order valence-corrected chi connectivity index (χ4v) is 2.73. The van der Waals surface area contributed by atoms with Gasteiger partial charge in [-0.25, -0.2) is 4.68 Å². The summed E-state index contributed by atoms with van der Waals surface area (Å²) in [5.74, 6) is -0.980. The summed E-state index contributed by atoms with van der Waals surface area (Å²) in [7, 11) is 0. The van der Waals surface area contributed by atoms with Crippen LogP contribution in [0, 0.1) is 24.2 Å². The van der Waals surface area contributed by atoms with Gasteiger partial charge in [0.15, 0.2) is 11.5 Å². The summed E-state index contributed by atoms with van der Waals surface area (Å²) in [6, 6.07) is 11.8. The van der Waals surface area contributed by atoms with Crippen LogP contribution in [0.25, 0.3) is 5.69 Å². The second-order valence-corrected chi connectivity index (χ2v) is 6.51. The Morgan fingerprint density at radius 2 is 2.00 bits per heavy atom. The van der Waals surface area contributed by atoms with Gasteiger partial charge in [-0.3, -0.25) is 9.48 Å². The van der Waals surface area contributed by atoms with E-state index in [2.05, 4.69) is 15.5 Å². The largest absolute Gasteiger partial charge is 0.435 e. The number of halogens is 3. The number of aryl methyl sites for hydroxylation is 1. The molecule has 1 amide bonds. The summed E-state index contributed by atoms with van der Waals surface area (Å²) in [6.45, 7) is 3.01. The molecule has 7 nitrogen and oxygen atoms in total. The molecule has 10 heteroatoms. The number of hydrogen-bond acceptors (Lipinski definition) is 4. The third-order valence-corrected chi connectivity index (χ3v) is 4.30. The Morgan fingerprint density at radius 3 is 2.59 bits per heavy atom. The maximum absolute atomic E-state index is 12.8. The average Bonchev–Trinajstić information content (AvgIpc) is 3.25. The topological polar surface area (TPSA) is 88.5 Å². The van der Waals surface area contributed by atoms with E-state index >= 15 is 0 Å². The number of benzene rings is 1. The minimum absolute atomic E-state index is 0.0465. The summed E-state index contributed by atoms with van der Waals surface area (Å²) >= 11 is 0. The Balaban J connectivity index is 1.80. The van der Waals surface area contributed by atoms with E-state index in [-0.39, 0.29) is 17.9 Å². The Hall–Kier alpha value is -3.61. The molecule has 0 bridgehead atoms. The second kappa shape index (κ2) is 7.79. The van der Waals surface area contributed by atoms with Crippen LogP contribution in [0.1, 0.15) is 23.9 Å². The van der Waals surface area contributed by atoms with Gasteiger partial charge in [0.1, 0.15) is 11.6 Å². The number of amides is 1. The molecule has 0 saturated carbocycles. The van der Waals surface area contributed by atoms with Gasteiger partial charge in [-0.05, 0) is 25.1 Å². The molecule has 0 aliphatic heterocycles. The zero-order valence-electron chi connectivity index (χ0n) is 15.6. The number of nitriles is 1. The number of carbonyl (C=O) groups is 1. The van der Waals surface area contributed by atoms with Gasteiger partial charge in [0.25, 0.3) is 0 Å². The van der Waals surface area contributed by atoms with Crippen LogP contribution in [0.2, 0.25) is 0 Å². The lowest BCUT2D eigenvalue weighted by Gasteiger charge is -2.15. The van der Waals surface area contributed by atoms with Crippen molar-refractivity contribution in [3.8, 4) is 11.8 Å². The minimum atomic E-state index is -4.55. The van der Waals surface area contributed by atoms with E-state index in [0.717, 1.165) is 10.7 Å². The molecule has 150 valence electrons. The third-order valence-electron chi connectivity index (χ3n) is 4.30. The van der Waals surface area contributed by atoms with Crippen LogP contribution in [0.3, 0.4) is 0 Å². The molecule has 2 heterocycles. The van der Waals surface area contributed by atoms with Gasteiger partial charge in [-0.2, -0.15) is 28.6 Å². The van der Waals surface area contributed by atoms with Crippen molar-refractivity contribution in [1.29, 1.82) is 5.26 Å². The van der Waals surface area contributed by atoms with Crippen molar-refractivity contribution in [2.45, 2.75) is 26.6 Å². The zero-order valence-corrected chi connectivity index (χ0v) is 15.6. The molecule has 3 aromatic rings. The number of nitrogens with zero attached hydrogens (tertiary/aromatic N) is 5. The van der Waals surface area contributed by atoms with E-state index in [1.807, 2.05) is 12.1 Å². The van der Waals surface area contributed by atoms with E-state index in [4.69, 9.17) is 0 Å². The predicted octanol–water partition coefficient (Wildman–Crippen LogP) is 3.54. The molecule has 1 atom stereocenters. The molecule has 29 heavy (non-hydrogen) atoms. The van der Waals surface area contributed by atoms with Crippen LogP contribution in [-0.4, -0.2) is 25.5 Å². The van der Waals surface area contributed by atoms with Crippen molar-refractivity contribution >= 4 is 11.7 Å².